The van der Waals surface area contributed by atoms with Crippen LogP contribution >= 0.6 is 0 Å². The third-order valence-electron chi connectivity index (χ3n) is 0.408. The van der Waals surface area contributed by atoms with Crippen molar-refractivity contribution < 1.29 is 9.84 Å². The van der Waals surface area contributed by atoms with Crippen LogP contribution in [0.1, 0.15) is 27.7 Å². The molecule has 0 radical (unpaired) electrons. The molecule has 11 heavy (non-hydrogen) atoms. The van der Waals surface area contributed by atoms with Crippen molar-refractivity contribution in [3.8, 4) is 6.07 Å². The Balaban J connectivity index is -0.0000000933. The molecule has 0 amide bonds. The largest absolute Gasteiger partial charge is 0.397 e. The van der Waals surface area contributed by atoms with Gasteiger partial charge >= 0.3 is 0 Å². The van der Waals surface area contributed by atoms with Crippen LogP contribution in [0.4, 0.5) is 0 Å². The van der Waals surface area contributed by atoms with Crippen LogP contribution in [0, 0.1) is 11.3 Å². The Morgan fingerprint density at radius 3 is 1.45 bits per heavy atom. The fourth-order valence-electron chi connectivity index (χ4n) is 0.204. The lowest BCUT2D eigenvalue weighted by Crippen LogP contribution is -1.84. The molecule has 0 spiro atoms. The van der Waals surface area contributed by atoms with Gasteiger partial charge in [-0.3, -0.25) is 0 Å². The molecule has 0 bridgehead atoms. The summed E-state index contributed by atoms with van der Waals surface area (Å²) >= 11 is 0. The highest BCUT2D eigenvalue weighted by molar-refractivity contribution is 4.51. The summed E-state index contributed by atoms with van der Waals surface area (Å²) in [5.41, 5.74) is 0. The van der Waals surface area contributed by atoms with Gasteiger partial charge in [0, 0.05) is 26.7 Å². The van der Waals surface area contributed by atoms with E-state index in [-0.39, 0.29) is 6.61 Å². The molecule has 68 valence electrons. The molecule has 0 aromatic carbocycles. The summed E-state index contributed by atoms with van der Waals surface area (Å²) in [6.45, 7) is 9.03. The molecule has 3 nitrogen and oxygen atoms in total. The monoisotopic (exact) mass is 161 g/mol. The molecule has 0 aliphatic rings. The average Bonchev–Trinajstić information content (AvgIpc) is 1.92. The zero-order valence-corrected chi connectivity index (χ0v) is 7.92. The molecular weight excluding hydrogens is 142 g/mol. The number of hydrogen-bond donors (Lipinski definition) is 1. The lowest BCUT2D eigenvalue weighted by Gasteiger charge is -1.86. The van der Waals surface area contributed by atoms with E-state index in [1.165, 1.54) is 6.92 Å². The van der Waals surface area contributed by atoms with Crippen LogP contribution in [-0.4, -0.2) is 24.9 Å². The third-order valence-corrected chi connectivity index (χ3v) is 0.408. The lowest BCUT2D eigenvalue weighted by molar-refractivity contribution is 0.162. The van der Waals surface area contributed by atoms with E-state index < -0.39 is 0 Å². The van der Waals surface area contributed by atoms with E-state index in [1.54, 1.807) is 13.0 Å². The van der Waals surface area contributed by atoms with Crippen LogP contribution in [0.25, 0.3) is 0 Å². The van der Waals surface area contributed by atoms with E-state index in [1.807, 2.05) is 13.8 Å². The zero-order chi connectivity index (χ0) is 9.54. The van der Waals surface area contributed by atoms with Gasteiger partial charge in [0.25, 0.3) is 0 Å². The molecule has 0 unspecified atom stereocenters. The summed E-state index contributed by atoms with van der Waals surface area (Å²) in [7, 11) is 0. The Hall–Kier alpha value is -0.590. The van der Waals surface area contributed by atoms with Gasteiger partial charge in [-0.25, -0.2) is 0 Å². The third kappa shape index (κ3) is 260. The fraction of sp³-hybridized carbons (Fsp3) is 0.875. The van der Waals surface area contributed by atoms with Gasteiger partial charge in [0.15, 0.2) is 0 Å². The SMILES string of the molecule is CC#N.CCO.CCOCC. The van der Waals surface area contributed by atoms with Gasteiger partial charge in [0.05, 0.1) is 6.07 Å². The molecule has 1 N–H and O–H groups in total. The highest BCUT2D eigenvalue weighted by atomic mass is 16.5. The predicted octanol–water partition coefficient (Wildman–Crippen LogP) is 1.57. The van der Waals surface area contributed by atoms with Crippen molar-refractivity contribution >= 4 is 0 Å². The average molecular weight is 161 g/mol. The van der Waals surface area contributed by atoms with Crippen LogP contribution < -0.4 is 0 Å². The highest BCUT2D eigenvalue weighted by Crippen LogP contribution is 1.64. The summed E-state index contributed by atoms with van der Waals surface area (Å²) in [6.07, 6.45) is 0. The molecule has 0 saturated heterocycles. The first kappa shape index (κ1) is 16.8. The molecule has 0 aliphatic heterocycles. The summed E-state index contributed by atoms with van der Waals surface area (Å²) < 4.78 is 4.83. The maximum absolute atomic E-state index is 7.57. The highest BCUT2D eigenvalue weighted by Gasteiger charge is 1.64. The number of aliphatic hydroxyl groups excluding tert-OH is 1. The minimum absolute atomic E-state index is 0.250. The van der Waals surface area contributed by atoms with Crippen LogP contribution in [0.2, 0.25) is 0 Å². The van der Waals surface area contributed by atoms with Crippen LogP contribution in [0.5, 0.6) is 0 Å². The summed E-state index contributed by atoms with van der Waals surface area (Å²) in [4.78, 5) is 0. The normalized spacial score (nSPS) is 6.18. The van der Waals surface area contributed by atoms with Crippen molar-refractivity contribution in [1.82, 2.24) is 0 Å². The molecule has 0 rings (SSSR count). The first-order valence-electron chi connectivity index (χ1n) is 3.74. The second-order valence-corrected chi connectivity index (χ2v) is 1.32. The zero-order valence-electron chi connectivity index (χ0n) is 7.92. The first-order chi connectivity index (χ1) is 5.24. The number of nitrogens with zero attached hydrogens (tertiary/aromatic N) is 1. The van der Waals surface area contributed by atoms with Gasteiger partial charge in [-0.2, -0.15) is 5.26 Å². The van der Waals surface area contributed by atoms with E-state index in [9.17, 15) is 0 Å². The summed E-state index contributed by atoms with van der Waals surface area (Å²) in [5.74, 6) is 0. The second-order valence-electron chi connectivity index (χ2n) is 1.32. The number of hydrogen-bond acceptors (Lipinski definition) is 3. The molecule has 0 aromatic rings. The molecule has 0 atom stereocenters. The van der Waals surface area contributed by atoms with Gasteiger partial charge in [0.2, 0.25) is 0 Å². The Kier molecular flexibility index (Phi) is 52.2. The van der Waals surface area contributed by atoms with Crippen molar-refractivity contribution in [1.29, 1.82) is 5.26 Å². The maximum Gasteiger partial charge on any atom is 0.0587 e. The molecule has 0 aromatic heterocycles. The maximum atomic E-state index is 7.57. The van der Waals surface area contributed by atoms with E-state index in [0.29, 0.717) is 0 Å². The van der Waals surface area contributed by atoms with Crippen molar-refractivity contribution in [2.24, 2.45) is 0 Å². The van der Waals surface area contributed by atoms with E-state index in [4.69, 9.17) is 15.1 Å². The lowest BCUT2D eigenvalue weighted by atomic mass is 10.8. The van der Waals surface area contributed by atoms with Crippen LogP contribution in [0.3, 0.4) is 0 Å². The van der Waals surface area contributed by atoms with E-state index in [2.05, 4.69) is 0 Å². The minimum atomic E-state index is 0.250. The number of rotatable bonds is 2. The van der Waals surface area contributed by atoms with Crippen molar-refractivity contribution in [3.63, 3.8) is 0 Å². The van der Waals surface area contributed by atoms with Gasteiger partial charge in [0.1, 0.15) is 0 Å². The van der Waals surface area contributed by atoms with Crippen LogP contribution in [0.15, 0.2) is 0 Å². The Morgan fingerprint density at radius 2 is 1.45 bits per heavy atom. The Labute approximate surface area is 69.6 Å². The summed E-state index contributed by atoms with van der Waals surface area (Å²) in [6, 6.07) is 1.75. The van der Waals surface area contributed by atoms with E-state index >= 15 is 0 Å². The summed E-state index contributed by atoms with van der Waals surface area (Å²) in [5, 5.41) is 14.9. The van der Waals surface area contributed by atoms with Crippen molar-refractivity contribution in [2.45, 2.75) is 27.7 Å². The predicted molar refractivity (Wildman–Crippen MR) is 46.2 cm³/mol. The molecule has 0 saturated carbocycles. The van der Waals surface area contributed by atoms with Crippen LogP contribution in [-0.2, 0) is 4.74 Å². The standard InChI is InChI=1S/C4H10O.C2H3N.C2H6O/c1-3-5-4-2;2*1-2-3/h3-4H2,1-2H3;1H3;3H,2H2,1H3. The first-order valence-corrected chi connectivity index (χ1v) is 3.74. The fourth-order valence-corrected chi connectivity index (χ4v) is 0.204. The molecule has 0 heterocycles. The minimum Gasteiger partial charge on any atom is -0.397 e. The number of nitriles is 1. The molecular formula is C8H19NO2. The van der Waals surface area contributed by atoms with Gasteiger partial charge in [-0.15, -0.1) is 0 Å². The van der Waals surface area contributed by atoms with Gasteiger partial charge in [-0.1, -0.05) is 0 Å². The van der Waals surface area contributed by atoms with Gasteiger partial charge in [-0.05, 0) is 20.8 Å². The number of ether oxygens (including phenoxy) is 1. The topological polar surface area (TPSA) is 53.2 Å². The molecule has 0 aliphatic carbocycles. The van der Waals surface area contributed by atoms with Crippen molar-refractivity contribution in [3.05, 3.63) is 0 Å². The smallest absolute Gasteiger partial charge is 0.0587 e. The number of aliphatic hydroxyl groups is 1. The quantitative estimate of drug-likeness (QED) is 0.668. The second kappa shape index (κ2) is 34.2. The Bertz CT molecular complexity index is 67.0. The van der Waals surface area contributed by atoms with Gasteiger partial charge < -0.3 is 9.84 Å². The molecule has 0 fully saturated rings. The van der Waals surface area contributed by atoms with E-state index in [0.717, 1.165) is 13.2 Å². The van der Waals surface area contributed by atoms with Crippen molar-refractivity contribution in [2.75, 3.05) is 19.8 Å². The molecule has 3 heteroatoms. The Morgan fingerprint density at radius 1 is 1.27 bits per heavy atom.